The van der Waals surface area contributed by atoms with Gasteiger partial charge in [-0.05, 0) is 29.5 Å². The van der Waals surface area contributed by atoms with Crippen molar-refractivity contribution in [2.45, 2.75) is 90.3 Å². The summed E-state index contributed by atoms with van der Waals surface area (Å²) in [5.74, 6) is -16.7. The van der Waals surface area contributed by atoms with Crippen LogP contribution in [0, 0.1) is 58.5 Å². The lowest BCUT2D eigenvalue weighted by Gasteiger charge is -2.37. The van der Waals surface area contributed by atoms with Crippen LogP contribution < -0.4 is 4.43 Å². The lowest BCUT2D eigenvalue weighted by atomic mass is 9.96. The maximum absolute atomic E-state index is 16.2. The first-order valence-corrected chi connectivity index (χ1v) is 17.9. The predicted molar refractivity (Wildman–Crippen MR) is 164 cm³/mol. The van der Waals surface area contributed by atoms with Crippen LogP contribution >= 0.6 is 0 Å². The maximum Gasteiger partial charge on any atom is 0.258 e. The van der Waals surface area contributed by atoms with Gasteiger partial charge in [-0.1, -0.05) is 96.6 Å². The highest BCUT2D eigenvalue weighted by molar-refractivity contribution is 6.75. The van der Waals surface area contributed by atoms with Crippen LogP contribution in [0.3, 0.4) is 0 Å². The van der Waals surface area contributed by atoms with Gasteiger partial charge in [0, 0.05) is 17.5 Å². The van der Waals surface area contributed by atoms with Gasteiger partial charge in [-0.25, -0.2) is 30.7 Å². The Morgan fingerprint density at radius 2 is 1.33 bits per heavy atom. The quantitative estimate of drug-likeness (QED) is 0.0329. The Morgan fingerprint density at radius 1 is 0.689 bits per heavy atom. The van der Waals surface area contributed by atoms with Crippen molar-refractivity contribution < 1.29 is 39.5 Å². The molecule has 243 valence electrons. The van der Waals surface area contributed by atoms with Gasteiger partial charge in [0.15, 0.2) is 34.8 Å². The largest absolute Gasteiger partial charge is 0.539 e. The molecule has 0 amide bonds. The Kier molecular flexibility index (Phi) is 11.2. The van der Waals surface area contributed by atoms with Crippen LogP contribution in [0.5, 0.6) is 5.75 Å². The van der Waals surface area contributed by atoms with Crippen LogP contribution in [0.4, 0.5) is 35.1 Å². The average Bonchev–Trinajstić information content (AvgIpc) is 3.02. The molecule has 2 unspecified atom stereocenters. The molecule has 4 rings (SSSR count). The van der Waals surface area contributed by atoms with E-state index >= 15 is 22.0 Å². The Morgan fingerprint density at radius 3 is 1.96 bits per heavy atom. The fourth-order valence-electron chi connectivity index (χ4n) is 6.10. The molecular formula is C35H37F8OSi. The van der Waals surface area contributed by atoms with Crippen LogP contribution in [0.2, 0.25) is 11.6 Å². The molecule has 2 atom stereocenters. The van der Waals surface area contributed by atoms with Crippen molar-refractivity contribution in [1.82, 2.24) is 0 Å². The summed E-state index contributed by atoms with van der Waals surface area (Å²) in [6, 6.07) is 11.3. The Hall–Kier alpha value is -3.14. The third-order valence-corrected chi connectivity index (χ3v) is 13.8. The zero-order valence-corrected chi connectivity index (χ0v) is 26.8. The topological polar surface area (TPSA) is 9.23 Å². The van der Waals surface area contributed by atoms with Crippen molar-refractivity contribution in [1.29, 1.82) is 0 Å². The second-order valence-electron chi connectivity index (χ2n) is 12.1. The third-order valence-electron chi connectivity index (χ3n) is 8.97. The summed E-state index contributed by atoms with van der Waals surface area (Å²) >= 11 is 0. The van der Waals surface area contributed by atoms with E-state index in [4.69, 9.17) is 4.43 Å². The molecule has 1 radical (unpaired) electrons. The van der Waals surface area contributed by atoms with E-state index in [0.29, 0.717) is 24.4 Å². The molecule has 0 aliphatic rings. The van der Waals surface area contributed by atoms with Crippen LogP contribution in [0.25, 0.3) is 21.5 Å². The second-order valence-corrected chi connectivity index (χ2v) is 16.5. The summed E-state index contributed by atoms with van der Waals surface area (Å²) in [6.45, 7) is 7.90. The van der Waals surface area contributed by atoms with Crippen molar-refractivity contribution in [2.24, 2.45) is 5.92 Å². The van der Waals surface area contributed by atoms with Crippen molar-refractivity contribution in [3.05, 3.63) is 88.5 Å². The van der Waals surface area contributed by atoms with Gasteiger partial charge < -0.3 is 4.43 Å². The summed E-state index contributed by atoms with van der Waals surface area (Å²) in [5.41, 5.74) is 0.560. The highest BCUT2D eigenvalue weighted by Crippen LogP contribution is 2.43. The van der Waals surface area contributed by atoms with Gasteiger partial charge in [0.2, 0.25) is 5.82 Å². The molecule has 0 saturated heterocycles. The summed E-state index contributed by atoms with van der Waals surface area (Å²) < 4.78 is 127. The summed E-state index contributed by atoms with van der Waals surface area (Å²) in [6.07, 6.45) is 6.89. The average molecular weight is 654 g/mol. The van der Waals surface area contributed by atoms with Gasteiger partial charge in [-0.3, -0.25) is 0 Å². The minimum Gasteiger partial charge on any atom is -0.539 e. The normalized spacial score (nSPS) is 14.0. The minimum absolute atomic E-state index is 0.268. The van der Waals surface area contributed by atoms with Crippen LogP contribution in [-0.4, -0.2) is 8.32 Å². The molecule has 10 heteroatoms. The molecule has 0 spiro atoms. The van der Waals surface area contributed by atoms with Gasteiger partial charge in [-0.2, -0.15) is 4.39 Å². The first-order chi connectivity index (χ1) is 21.4. The molecule has 0 N–H and O–H groups in total. The number of rotatable bonds is 14. The monoisotopic (exact) mass is 653 g/mol. The number of halogens is 8. The molecule has 0 aliphatic carbocycles. The SMILES string of the molecule is CCCCCCC(CC)CC[Si](Cc1ccccc1)(Oc1c(F)c(F)c2c(F)c3[c]c(F)c(F)c(F)c3c(F)c2c1F)C(C)C. The molecule has 4 aromatic rings. The lowest BCUT2D eigenvalue weighted by molar-refractivity contribution is 0.391. The molecule has 0 saturated carbocycles. The first-order valence-electron chi connectivity index (χ1n) is 15.5. The van der Waals surface area contributed by atoms with Crippen molar-refractivity contribution >= 4 is 29.9 Å². The number of fused-ring (bicyclic) bond motifs is 2. The number of hydrogen-bond acceptors (Lipinski definition) is 1. The van der Waals surface area contributed by atoms with E-state index in [9.17, 15) is 13.2 Å². The predicted octanol–water partition coefficient (Wildman–Crippen LogP) is 11.8. The van der Waals surface area contributed by atoms with E-state index in [1.165, 1.54) is 6.07 Å². The zero-order chi connectivity index (χ0) is 33.1. The zero-order valence-electron chi connectivity index (χ0n) is 25.8. The van der Waals surface area contributed by atoms with E-state index < -0.39 is 82.1 Å². The summed E-state index contributed by atoms with van der Waals surface area (Å²) in [4.78, 5) is 0. The molecule has 0 aromatic heterocycles. The molecule has 1 nitrogen and oxygen atoms in total. The Bertz CT molecular complexity index is 1660. The Balaban J connectivity index is 1.89. The number of hydrogen-bond donors (Lipinski definition) is 0. The standard InChI is InChI=1S/C35H37F8OSi/c1-5-7-8-10-13-21(6-2)16-17-45(20(3)4,19-22-14-11-9-12-15-22)44-35-33(42)27-26(32(41)34(35)43)28(37)23-18-24(36)29(38)31(40)25(23)30(27)39/h9,11-12,14-15,20-21H,5-8,10,13,16-17,19H2,1-4H3. The first kappa shape index (κ1) is 34.7. The van der Waals surface area contributed by atoms with E-state index in [1.807, 2.05) is 44.2 Å². The molecule has 0 fully saturated rings. The molecular weight excluding hydrogens is 616 g/mol. The molecule has 4 aromatic carbocycles. The smallest absolute Gasteiger partial charge is 0.258 e. The van der Waals surface area contributed by atoms with Crippen LogP contribution in [0.15, 0.2) is 30.3 Å². The highest BCUT2D eigenvalue weighted by atomic mass is 28.4. The van der Waals surface area contributed by atoms with Crippen molar-refractivity contribution in [2.75, 3.05) is 0 Å². The summed E-state index contributed by atoms with van der Waals surface area (Å²) in [5, 5.41) is -5.76. The van der Waals surface area contributed by atoms with Gasteiger partial charge in [0.1, 0.15) is 11.6 Å². The van der Waals surface area contributed by atoms with Crippen LogP contribution in [-0.2, 0) is 6.04 Å². The van der Waals surface area contributed by atoms with Gasteiger partial charge in [0.25, 0.3) is 8.32 Å². The lowest BCUT2D eigenvalue weighted by Crippen LogP contribution is -2.48. The number of benzene rings is 4. The maximum atomic E-state index is 16.2. The minimum atomic E-state index is -3.33. The highest BCUT2D eigenvalue weighted by Gasteiger charge is 2.43. The molecule has 45 heavy (non-hydrogen) atoms. The van der Waals surface area contributed by atoms with Crippen LogP contribution in [0.1, 0.15) is 78.2 Å². The van der Waals surface area contributed by atoms with Crippen molar-refractivity contribution in [3.8, 4) is 5.75 Å². The van der Waals surface area contributed by atoms with E-state index in [2.05, 4.69) is 13.8 Å². The van der Waals surface area contributed by atoms with E-state index in [0.717, 1.165) is 44.1 Å². The van der Waals surface area contributed by atoms with Gasteiger partial charge >= 0.3 is 0 Å². The second kappa shape index (κ2) is 14.5. The molecule has 0 heterocycles. The van der Waals surface area contributed by atoms with Gasteiger partial charge in [-0.15, -0.1) is 0 Å². The third kappa shape index (κ3) is 6.86. The fraction of sp³-hybridized carbons (Fsp3) is 0.429. The molecule has 0 aliphatic heterocycles. The van der Waals surface area contributed by atoms with E-state index in [-0.39, 0.29) is 5.54 Å². The summed E-state index contributed by atoms with van der Waals surface area (Å²) in [7, 11) is -3.33. The fourth-order valence-corrected chi connectivity index (χ4v) is 10.1. The van der Waals surface area contributed by atoms with Gasteiger partial charge in [0.05, 0.1) is 16.2 Å². The van der Waals surface area contributed by atoms with Crippen molar-refractivity contribution in [3.63, 3.8) is 0 Å². The van der Waals surface area contributed by atoms with E-state index in [1.54, 1.807) is 0 Å². The molecule has 0 bridgehead atoms. The Labute approximate surface area is 259 Å². The number of unbranched alkanes of at least 4 members (excludes halogenated alkanes) is 3.